The maximum Gasteiger partial charge on any atom is 2.00 e. The number of hydrogen-bond acceptors (Lipinski definition) is 6. The number of rotatable bonds is 16. The van der Waals surface area contributed by atoms with Crippen molar-refractivity contribution < 1.29 is 29.4 Å². The summed E-state index contributed by atoms with van der Waals surface area (Å²) in [4.78, 5) is 41.9. The van der Waals surface area contributed by atoms with Crippen LogP contribution in [0.25, 0.3) is 0 Å². The van der Waals surface area contributed by atoms with Crippen LogP contribution in [0.4, 0.5) is 0 Å². The quantitative estimate of drug-likeness (QED) is 0.265. The molecule has 0 bridgehead atoms. The van der Waals surface area contributed by atoms with E-state index in [2.05, 4.69) is 24.5 Å². The van der Waals surface area contributed by atoms with Gasteiger partial charge < -0.3 is 30.4 Å². The molecule has 0 saturated carbocycles. The largest absolute Gasteiger partial charge is 2.00 e. The maximum absolute atomic E-state index is 11.0. The predicted molar refractivity (Wildman–Crippen MR) is 109 cm³/mol. The van der Waals surface area contributed by atoms with Crippen LogP contribution in [0, 0.1) is 0 Å². The van der Waals surface area contributed by atoms with Crippen molar-refractivity contribution in [2.45, 2.75) is 90.9 Å². The number of hydrogen-bond donors (Lipinski definition) is 2. The fourth-order valence-electron chi connectivity index (χ4n) is 2.30. The minimum Gasteiger partial charge on any atom is -0.548 e. The van der Waals surface area contributed by atoms with Crippen LogP contribution in [0.5, 0.6) is 0 Å². The molecule has 8 nitrogen and oxygen atoms in total. The SMILES string of the molecule is CCCCCCCC(=O)NCC(=O)[O-].CCCCCCCC(=O)NCC(=O)[O-].[Mg+2]. The number of carboxylic acid groups (broad SMARTS) is 2. The topological polar surface area (TPSA) is 138 Å². The Labute approximate surface area is 190 Å². The van der Waals surface area contributed by atoms with Crippen molar-refractivity contribution in [3.63, 3.8) is 0 Å². The van der Waals surface area contributed by atoms with Gasteiger partial charge in [0.05, 0.1) is 25.0 Å². The second-order valence-corrected chi connectivity index (χ2v) is 6.63. The zero-order chi connectivity index (χ0) is 21.6. The van der Waals surface area contributed by atoms with Gasteiger partial charge >= 0.3 is 23.1 Å². The second-order valence-electron chi connectivity index (χ2n) is 6.63. The smallest absolute Gasteiger partial charge is 0.548 e. The molecule has 0 heterocycles. The Hall–Kier alpha value is -1.35. The first kappa shape index (κ1) is 32.3. The molecule has 0 radical (unpaired) electrons. The summed E-state index contributed by atoms with van der Waals surface area (Å²) in [6.45, 7) is 3.50. The van der Waals surface area contributed by atoms with Crippen LogP contribution in [-0.4, -0.2) is 59.9 Å². The molecule has 164 valence electrons. The van der Waals surface area contributed by atoms with Gasteiger partial charge in [-0.1, -0.05) is 65.2 Å². The minimum absolute atomic E-state index is 0. The molecule has 0 aliphatic heterocycles. The summed E-state index contributed by atoms with van der Waals surface area (Å²) >= 11 is 0. The van der Waals surface area contributed by atoms with Crippen molar-refractivity contribution >= 4 is 46.8 Å². The van der Waals surface area contributed by atoms with Gasteiger partial charge in [-0.05, 0) is 12.8 Å². The van der Waals surface area contributed by atoms with Crippen LogP contribution in [-0.2, 0) is 19.2 Å². The maximum atomic E-state index is 11.0. The number of amides is 2. The summed E-state index contributed by atoms with van der Waals surface area (Å²) < 4.78 is 0. The Kier molecular flexibility index (Phi) is 27.5. The average molecular weight is 425 g/mol. The van der Waals surface area contributed by atoms with Gasteiger partial charge in [-0.25, -0.2) is 0 Å². The number of nitrogens with one attached hydrogen (secondary N) is 2. The summed E-state index contributed by atoms with van der Waals surface area (Å²) in [5, 5.41) is 24.5. The van der Waals surface area contributed by atoms with Gasteiger partial charge in [-0.2, -0.15) is 0 Å². The second kappa shape index (κ2) is 24.7. The third kappa shape index (κ3) is 31.6. The van der Waals surface area contributed by atoms with E-state index in [0.717, 1.165) is 38.5 Å². The van der Waals surface area contributed by atoms with E-state index in [0.29, 0.717) is 12.8 Å². The van der Waals surface area contributed by atoms with Crippen LogP contribution >= 0.6 is 0 Å². The monoisotopic (exact) mass is 424 g/mol. The van der Waals surface area contributed by atoms with E-state index in [1.54, 1.807) is 0 Å². The van der Waals surface area contributed by atoms with Crippen molar-refractivity contribution in [1.82, 2.24) is 10.6 Å². The Balaban J connectivity index is -0.000000451. The molecular weight excluding hydrogens is 389 g/mol. The van der Waals surface area contributed by atoms with E-state index in [9.17, 15) is 29.4 Å². The van der Waals surface area contributed by atoms with Crippen LogP contribution < -0.4 is 20.8 Å². The molecule has 0 aromatic carbocycles. The zero-order valence-electron chi connectivity index (χ0n) is 18.1. The molecule has 0 atom stereocenters. The number of carbonyl (C=O) groups excluding carboxylic acids is 4. The van der Waals surface area contributed by atoms with Crippen LogP contribution in [0.3, 0.4) is 0 Å². The summed E-state index contributed by atoms with van der Waals surface area (Å²) in [5.74, 6) is -2.90. The first-order valence-electron chi connectivity index (χ1n) is 10.3. The standard InChI is InChI=1S/2C10H19NO3.Mg/c2*1-2-3-4-5-6-7-9(12)11-8-10(13)14;/h2*2-8H2,1H3,(H,11,12)(H,13,14);/q;;+2/p-2. The summed E-state index contributed by atoms with van der Waals surface area (Å²) in [6.07, 6.45) is 11.6. The number of aliphatic carboxylic acids is 2. The first-order valence-corrected chi connectivity index (χ1v) is 10.3. The molecule has 0 unspecified atom stereocenters. The normalized spacial score (nSPS) is 9.45. The Bertz CT molecular complexity index is 407. The Morgan fingerprint density at radius 2 is 0.897 bits per heavy atom. The van der Waals surface area contributed by atoms with Gasteiger partial charge in [-0.15, -0.1) is 0 Å². The molecular formula is C20H36MgN2O6. The van der Waals surface area contributed by atoms with Crippen molar-refractivity contribution in [1.29, 1.82) is 0 Å². The van der Waals surface area contributed by atoms with E-state index < -0.39 is 11.9 Å². The molecule has 0 rings (SSSR count). The van der Waals surface area contributed by atoms with Gasteiger partial charge in [0, 0.05) is 12.8 Å². The third-order valence-corrected chi connectivity index (χ3v) is 3.87. The number of carbonyl (C=O) groups is 4. The Morgan fingerprint density at radius 3 is 1.17 bits per heavy atom. The summed E-state index contributed by atoms with van der Waals surface area (Å²) in [7, 11) is 0. The molecule has 0 aliphatic rings. The fraction of sp³-hybridized carbons (Fsp3) is 0.800. The van der Waals surface area contributed by atoms with E-state index in [-0.39, 0.29) is 48.0 Å². The van der Waals surface area contributed by atoms with E-state index >= 15 is 0 Å². The van der Waals surface area contributed by atoms with Crippen molar-refractivity contribution in [2.24, 2.45) is 0 Å². The van der Waals surface area contributed by atoms with E-state index in [4.69, 9.17) is 0 Å². The van der Waals surface area contributed by atoms with Crippen LogP contribution in [0.2, 0.25) is 0 Å². The molecule has 0 spiro atoms. The molecule has 29 heavy (non-hydrogen) atoms. The zero-order valence-corrected chi connectivity index (χ0v) is 19.5. The minimum atomic E-state index is -1.25. The average Bonchev–Trinajstić information content (AvgIpc) is 2.65. The van der Waals surface area contributed by atoms with Crippen LogP contribution in [0.1, 0.15) is 90.9 Å². The molecule has 0 aromatic rings. The van der Waals surface area contributed by atoms with Gasteiger partial charge in [-0.3, -0.25) is 9.59 Å². The summed E-state index contributed by atoms with van der Waals surface area (Å²) in [5.41, 5.74) is 0. The van der Waals surface area contributed by atoms with Gasteiger partial charge in [0.25, 0.3) is 0 Å². The van der Waals surface area contributed by atoms with Crippen molar-refractivity contribution in [3.05, 3.63) is 0 Å². The summed E-state index contributed by atoms with van der Waals surface area (Å²) in [6, 6.07) is 0. The van der Waals surface area contributed by atoms with Gasteiger partial charge in [0.1, 0.15) is 0 Å². The van der Waals surface area contributed by atoms with Gasteiger partial charge in [0.15, 0.2) is 0 Å². The van der Waals surface area contributed by atoms with Crippen LogP contribution in [0.15, 0.2) is 0 Å². The van der Waals surface area contributed by atoms with E-state index in [1.165, 1.54) is 25.7 Å². The molecule has 0 aromatic heterocycles. The molecule has 9 heteroatoms. The molecule has 0 aliphatic carbocycles. The third-order valence-electron chi connectivity index (χ3n) is 3.87. The van der Waals surface area contributed by atoms with Crippen molar-refractivity contribution in [3.8, 4) is 0 Å². The number of carboxylic acids is 2. The molecule has 2 amide bonds. The molecule has 0 fully saturated rings. The predicted octanol–water partition coefficient (Wildman–Crippen LogP) is 0.0452. The number of unbranched alkanes of at least 4 members (excludes halogenated alkanes) is 8. The Morgan fingerprint density at radius 1 is 0.586 bits per heavy atom. The molecule has 0 saturated heterocycles. The fourth-order valence-corrected chi connectivity index (χ4v) is 2.30. The van der Waals surface area contributed by atoms with E-state index in [1.807, 2.05) is 0 Å². The van der Waals surface area contributed by atoms with Gasteiger partial charge in [0.2, 0.25) is 11.8 Å². The molecule has 2 N–H and O–H groups in total. The van der Waals surface area contributed by atoms with Crippen molar-refractivity contribution in [2.75, 3.05) is 13.1 Å². The first-order chi connectivity index (χ1) is 13.3.